The van der Waals surface area contributed by atoms with Crippen LogP contribution in [-0.4, -0.2) is 25.3 Å². The molecule has 1 aromatic rings. The summed E-state index contributed by atoms with van der Waals surface area (Å²) in [4.78, 5) is 0. The fourth-order valence-electron chi connectivity index (χ4n) is 1.70. The van der Waals surface area contributed by atoms with Crippen molar-refractivity contribution in [3.05, 3.63) is 30.1 Å². The van der Waals surface area contributed by atoms with Gasteiger partial charge in [-0.05, 0) is 30.7 Å². The number of nitrogens with one attached hydrogen (secondary N) is 1. The van der Waals surface area contributed by atoms with Crippen molar-refractivity contribution in [2.75, 3.05) is 18.5 Å². The van der Waals surface area contributed by atoms with Crippen LogP contribution in [0.5, 0.6) is 0 Å². The van der Waals surface area contributed by atoms with Crippen molar-refractivity contribution in [3.63, 3.8) is 0 Å². The van der Waals surface area contributed by atoms with Gasteiger partial charge in [-0.15, -0.1) is 0 Å². The summed E-state index contributed by atoms with van der Waals surface area (Å²) in [6.07, 6.45) is 0.887. The van der Waals surface area contributed by atoms with E-state index >= 15 is 0 Å². The Labute approximate surface area is 88.4 Å². The summed E-state index contributed by atoms with van der Waals surface area (Å²) >= 11 is 0. The van der Waals surface area contributed by atoms with Gasteiger partial charge in [0.05, 0.1) is 6.61 Å². The third-order valence-electron chi connectivity index (χ3n) is 2.60. The van der Waals surface area contributed by atoms with Gasteiger partial charge < -0.3 is 15.8 Å². The van der Waals surface area contributed by atoms with Crippen molar-refractivity contribution in [1.82, 2.24) is 0 Å². The van der Waals surface area contributed by atoms with E-state index in [0.717, 1.165) is 18.7 Å². The van der Waals surface area contributed by atoms with Crippen LogP contribution in [0.2, 0.25) is 0 Å². The van der Waals surface area contributed by atoms with Gasteiger partial charge in [-0.3, -0.25) is 0 Å². The number of nitrogens with two attached hydrogens (primary N) is 1. The van der Waals surface area contributed by atoms with Gasteiger partial charge in [0.15, 0.2) is 0 Å². The van der Waals surface area contributed by atoms with Crippen molar-refractivity contribution in [1.29, 1.82) is 0 Å². The van der Waals surface area contributed by atoms with Gasteiger partial charge in [0.1, 0.15) is 5.82 Å². The number of rotatable bonds is 2. The van der Waals surface area contributed by atoms with Crippen molar-refractivity contribution >= 4 is 5.69 Å². The van der Waals surface area contributed by atoms with Crippen molar-refractivity contribution < 1.29 is 9.13 Å². The van der Waals surface area contributed by atoms with E-state index in [9.17, 15) is 4.39 Å². The molecule has 0 saturated carbocycles. The first kappa shape index (κ1) is 10.4. The second kappa shape index (κ2) is 4.59. The van der Waals surface area contributed by atoms with E-state index in [-0.39, 0.29) is 17.9 Å². The van der Waals surface area contributed by atoms with Crippen LogP contribution in [0.1, 0.15) is 6.42 Å². The monoisotopic (exact) mass is 210 g/mol. The average Bonchev–Trinajstić information content (AvgIpc) is 2.25. The lowest BCUT2D eigenvalue weighted by Crippen LogP contribution is -2.47. The second-order valence-corrected chi connectivity index (χ2v) is 3.79. The van der Waals surface area contributed by atoms with E-state index in [1.165, 1.54) is 12.1 Å². The Morgan fingerprint density at radius 3 is 2.73 bits per heavy atom. The Hall–Kier alpha value is -1.13. The summed E-state index contributed by atoms with van der Waals surface area (Å²) in [7, 11) is 0. The largest absolute Gasteiger partial charge is 0.381 e. The molecule has 0 bridgehead atoms. The summed E-state index contributed by atoms with van der Waals surface area (Å²) in [5.74, 6) is -0.225. The van der Waals surface area contributed by atoms with Gasteiger partial charge in [0, 0.05) is 24.4 Å². The predicted molar refractivity (Wildman–Crippen MR) is 57.2 cm³/mol. The zero-order chi connectivity index (χ0) is 10.7. The smallest absolute Gasteiger partial charge is 0.123 e. The summed E-state index contributed by atoms with van der Waals surface area (Å²) in [6.45, 7) is 1.31. The third-order valence-corrected chi connectivity index (χ3v) is 2.60. The van der Waals surface area contributed by atoms with Crippen LogP contribution in [0.15, 0.2) is 24.3 Å². The summed E-state index contributed by atoms with van der Waals surface area (Å²) in [5, 5.41) is 3.29. The lowest BCUT2D eigenvalue weighted by atomic mass is 10.0. The molecule has 1 aliphatic heterocycles. The highest BCUT2D eigenvalue weighted by atomic mass is 19.1. The highest BCUT2D eigenvalue weighted by Gasteiger charge is 2.21. The molecule has 3 N–H and O–H groups in total. The van der Waals surface area contributed by atoms with Crippen molar-refractivity contribution in [3.8, 4) is 0 Å². The van der Waals surface area contributed by atoms with Crippen LogP contribution in [0.25, 0.3) is 0 Å². The summed E-state index contributed by atoms with van der Waals surface area (Å²) < 4.78 is 17.9. The number of ether oxygens (including phenoxy) is 1. The van der Waals surface area contributed by atoms with Crippen LogP contribution in [0, 0.1) is 5.82 Å². The van der Waals surface area contributed by atoms with E-state index in [1.807, 2.05) is 0 Å². The van der Waals surface area contributed by atoms with Gasteiger partial charge >= 0.3 is 0 Å². The maximum absolute atomic E-state index is 12.7. The molecule has 15 heavy (non-hydrogen) atoms. The fraction of sp³-hybridized carbons (Fsp3) is 0.455. The van der Waals surface area contributed by atoms with E-state index in [4.69, 9.17) is 10.5 Å². The van der Waals surface area contributed by atoms with Crippen molar-refractivity contribution in [2.45, 2.75) is 18.5 Å². The molecule has 2 rings (SSSR count). The second-order valence-electron chi connectivity index (χ2n) is 3.79. The first-order chi connectivity index (χ1) is 7.25. The van der Waals surface area contributed by atoms with Gasteiger partial charge in [-0.1, -0.05) is 0 Å². The number of anilines is 1. The Morgan fingerprint density at radius 2 is 2.07 bits per heavy atom. The first-order valence-electron chi connectivity index (χ1n) is 5.11. The zero-order valence-corrected chi connectivity index (χ0v) is 8.45. The molecule has 0 radical (unpaired) electrons. The Bertz CT molecular complexity index is 315. The van der Waals surface area contributed by atoms with Crippen LogP contribution in [-0.2, 0) is 4.74 Å². The molecule has 82 valence electrons. The minimum atomic E-state index is -0.225. The maximum atomic E-state index is 12.7. The minimum Gasteiger partial charge on any atom is -0.381 e. The van der Waals surface area contributed by atoms with Crippen molar-refractivity contribution in [2.24, 2.45) is 5.73 Å². The van der Waals surface area contributed by atoms with E-state index in [1.54, 1.807) is 12.1 Å². The zero-order valence-electron chi connectivity index (χ0n) is 8.45. The molecule has 3 nitrogen and oxygen atoms in total. The quantitative estimate of drug-likeness (QED) is 0.774. The molecule has 1 fully saturated rings. The van der Waals surface area contributed by atoms with Gasteiger partial charge in [0.25, 0.3) is 0 Å². The average molecular weight is 210 g/mol. The molecular weight excluding hydrogens is 195 g/mol. The van der Waals surface area contributed by atoms with E-state index in [0.29, 0.717) is 6.61 Å². The molecule has 4 heteroatoms. The Kier molecular flexibility index (Phi) is 3.18. The van der Waals surface area contributed by atoms with E-state index in [2.05, 4.69) is 5.32 Å². The highest BCUT2D eigenvalue weighted by Crippen LogP contribution is 2.14. The standard InChI is InChI=1S/C11H15FN2O/c12-8-1-3-9(4-2-8)14-11-5-6-15-7-10(11)13/h1-4,10-11,14H,5-7,13H2. The molecule has 0 spiro atoms. The molecule has 2 atom stereocenters. The summed E-state index contributed by atoms with van der Waals surface area (Å²) in [5.41, 5.74) is 6.80. The van der Waals surface area contributed by atoms with Crippen LogP contribution in [0.3, 0.4) is 0 Å². The molecule has 1 aliphatic rings. The SMILES string of the molecule is NC1COCCC1Nc1ccc(F)cc1. The maximum Gasteiger partial charge on any atom is 0.123 e. The number of hydrogen-bond acceptors (Lipinski definition) is 3. The van der Waals surface area contributed by atoms with Crippen LogP contribution < -0.4 is 11.1 Å². The highest BCUT2D eigenvalue weighted by molar-refractivity contribution is 5.44. The van der Waals surface area contributed by atoms with Crippen LogP contribution >= 0.6 is 0 Å². The molecule has 2 unspecified atom stereocenters. The molecular formula is C11H15FN2O. The Balaban J connectivity index is 1.98. The molecule has 1 heterocycles. The molecule has 0 aromatic heterocycles. The van der Waals surface area contributed by atoms with Gasteiger partial charge in [-0.25, -0.2) is 4.39 Å². The molecule has 1 saturated heterocycles. The lowest BCUT2D eigenvalue weighted by molar-refractivity contribution is 0.0752. The van der Waals surface area contributed by atoms with E-state index < -0.39 is 0 Å². The van der Waals surface area contributed by atoms with Crippen LogP contribution in [0.4, 0.5) is 10.1 Å². The summed E-state index contributed by atoms with van der Waals surface area (Å²) in [6, 6.07) is 6.53. The molecule has 1 aromatic carbocycles. The first-order valence-corrected chi connectivity index (χ1v) is 5.11. The third kappa shape index (κ3) is 2.67. The predicted octanol–water partition coefficient (Wildman–Crippen LogP) is 1.35. The van der Waals surface area contributed by atoms with Gasteiger partial charge in [-0.2, -0.15) is 0 Å². The number of benzene rings is 1. The Morgan fingerprint density at radius 1 is 1.33 bits per heavy atom. The lowest BCUT2D eigenvalue weighted by Gasteiger charge is -2.30. The number of halogens is 1. The molecule has 0 amide bonds. The van der Waals surface area contributed by atoms with Gasteiger partial charge in [0.2, 0.25) is 0 Å². The minimum absolute atomic E-state index is 0.00352. The number of hydrogen-bond donors (Lipinski definition) is 2. The topological polar surface area (TPSA) is 47.3 Å². The normalized spacial score (nSPS) is 26.3. The molecule has 0 aliphatic carbocycles. The fourth-order valence-corrected chi connectivity index (χ4v) is 1.70.